The van der Waals surface area contributed by atoms with E-state index < -0.39 is 38.5 Å². The van der Waals surface area contributed by atoms with Crippen LogP contribution in [0.25, 0.3) is 11.2 Å². The minimum Gasteiger partial charge on any atom is -0.387 e. The number of benzene rings is 1. The van der Waals surface area contributed by atoms with E-state index in [2.05, 4.69) is 15.0 Å². The summed E-state index contributed by atoms with van der Waals surface area (Å²) in [6.07, 6.45) is -4.48. The van der Waals surface area contributed by atoms with Crippen molar-refractivity contribution in [2.45, 2.75) is 37.5 Å². The molecule has 0 spiro atoms. The Morgan fingerprint density at radius 2 is 1.97 bits per heavy atom. The van der Waals surface area contributed by atoms with E-state index >= 15 is 0 Å². The van der Waals surface area contributed by atoms with Gasteiger partial charge in [-0.2, -0.15) is 15.2 Å². The Kier molecular flexibility index (Phi) is 7.16. The maximum Gasteiger partial charge on any atom is 0.350 e. The molecule has 1 aromatic carbocycles. The highest BCUT2D eigenvalue weighted by molar-refractivity contribution is 7.51. The molecular weight excluding hydrogens is 479 g/mol. The summed E-state index contributed by atoms with van der Waals surface area (Å²) >= 11 is 0. The maximum absolute atomic E-state index is 11.0. The average molecular weight is 504 g/mol. The zero-order valence-corrected chi connectivity index (χ0v) is 19.8. The van der Waals surface area contributed by atoms with Crippen LogP contribution in [0.5, 0.6) is 0 Å². The van der Waals surface area contributed by atoms with Gasteiger partial charge in [-0.25, -0.2) is 4.98 Å². The molecule has 0 saturated carbocycles. The lowest BCUT2D eigenvalue weighted by Crippen LogP contribution is -2.34. The molecule has 3 heterocycles. The van der Waals surface area contributed by atoms with E-state index in [-0.39, 0.29) is 24.1 Å². The van der Waals surface area contributed by atoms with Crippen LogP contribution < -0.4 is 4.90 Å². The lowest BCUT2D eigenvalue weighted by atomic mass is 10.1. The summed E-state index contributed by atoms with van der Waals surface area (Å²) in [7, 11) is -2.58. The molecule has 1 aliphatic heterocycles. The van der Waals surface area contributed by atoms with Crippen LogP contribution in [0.15, 0.2) is 36.7 Å². The third kappa shape index (κ3) is 5.19. The van der Waals surface area contributed by atoms with Gasteiger partial charge in [0.15, 0.2) is 23.2 Å². The minimum absolute atomic E-state index is 0.114. The molecule has 0 radical (unpaired) electrons. The molecule has 0 aliphatic carbocycles. The Hall–Kier alpha value is -2.95. The number of anilines is 1. The lowest BCUT2D eigenvalue weighted by molar-refractivity contribution is -0.0612. The molecule has 186 valence electrons. The van der Waals surface area contributed by atoms with Gasteiger partial charge in [0.1, 0.15) is 30.7 Å². The molecule has 4 N–H and O–H groups in total. The summed E-state index contributed by atoms with van der Waals surface area (Å²) in [6, 6.07) is 11.5. The van der Waals surface area contributed by atoms with Crippen molar-refractivity contribution in [1.29, 1.82) is 5.26 Å². The molecule has 35 heavy (non-hydrogen) atoms. The van der Waals surface area contributed by atoms with Crippen molar-refractivity contribution in [3.8, 4) is 6.07 Å². The summed E-state index contributed by atoms with van der Waals surface area (Å²) in [5.74, 6) is 0.284. The minimum atomic E-state index is -4.40. The van der Waals surface area contributed by atoms with Crippen LogP contribution in [0.3, 0.4) is 0 Å². The van der Waals surface area contributed by atoms with E-state index in [1.165, 1.54) is 10.9 Å². The topological polar surface area (TPSA) is 187 Å². The molecule has 5 atom stereocenters. The van der Waals surface area contributed by atoms with Gasteiger partial charge >= 0.3 is 7.60 Å². The molecule has 13 nitrogen and oxygen atoms in total. The summed E-state index contributed by atoms with van der Waals surface area (Å²) < 4.78 is 23.1. The number of rotatable bonds is 8. The second-order valence-corrected chi connectivity index (χ2v) is 9.80. The van der Waals surface area contributed by atoms with Gasteiger partial charge in [0.05, 0.1) is 19.0 Å². The van der Waals surface area contributed by atoms with Crippen LogP contribution in [0.1, 0.15) is 30.6 Å². The highest BCUT2D eigenvalue weighted by Crippen LogP contribution is 2.36. The Morgan fingerprint density at radius 3 is 2.63 bits per heavy atom. The first-order valence-corrected chi connectivity index (χ1v) is 12.5. The first-order valence-electron chi connectivity index (χ1n) is 10.7. The zero-order chi connectivity index (χ0) is 25.3. The molecule has 0 amide bonds. The highest BCUT2D eigenvalue weighted by Gasteiger charge is 2.44. The van der Waals surface area contributed by atoms with Gasteiger partial charge in [0.25, 0.3) is 0 Å². The number of nitriles is 1. The van der Waals surface area contributed by atoms with Crippen LogP contribution >= 0.6 is 7.60 Å². The fraction of sp³-hybridized carbons (Fsp3) is 0.429. The second kappa shape index (κ2) is 9.96. The SMILES string of the molecule is C[C@H](c1ccccc1)N(C)c1nc(C#N)nc2c1ncn2[C@@H]1OC(COCP(=O)(O)O)[C@@H](O)[C@H]1O. The van der Waals surface area contributed by atoms with Gasteiger partial charge in [0, 0.05) is 7.05 Å². The van der Waals surface area contributed by atoms with Crippen LogP contribution in [-0.4, -0.2) is 77.8 Å². The first kappa shape index (κ1) is 25.2. The van der Waals surface area contributed by atoms with Gasteiger partial charge in [-0.05, 0) is 12.5 Å². The number of aliphatic hydroxyl groups excluding tert-OH is 2. The smallest absolute Gasteiger partial charge is 0.350 e. The highest BCUT2D eigenvalue weighted by atomic mass is 31.2. The Bertz CT molecular complexity index is 1280. The molecule has 1 aliphatic rings. The molecule has 1 fully saturated rings. The number of aromatic nitrogens is 4. The van der Waals surface area contributed by atoms with E-state index in [9.17, 15) is 20.0 Å². The van der Waals surface area contributed by atoms with E-state index in [0.29, 0.717) is 11.3 Å². The van der Waals surface area contributed by atoms with Crippen LogP contribution in [0, 0.1) is 11.3 Å². The predicted molar refractivity (Wildman–Crippen MR) is 122 cm³/mol. The molecule has 1 saturated heterocycles. The summed E-state index contributed by atoms with van der Waals surface area (Å²) in [5.41, 5.74) is 1.60. The van der Waals surface area contributed by atoms with Gasteiger partial charge in [-0.3, -0.25) is 9.13 Å². The molecule has 3 aromatic rings. The lowest BCUT2D eigenvalue weighted by Gasteiger charge is -2.26. The number of nitrogens with zero attached hydrogens (tertiary/aromatic N) is 6. The number of hydrogen-bond donors (Lipinski definition) is 4. The van der Waals surface area contributed by atoms with Gasteiger partial charge in [0.2, 0.25) is 5.82 Å². The van der Waals surface area contributed by atoms with E-state index in [1.54, 1.807) is 0 Å². The van der Waals surface area contributed by atoms with E-state index in [4.69, 9.17) is 19.3 Å². The Balaban J connectivity index is 1.65. The standard InChI is InChI=1S/C21H25N6O7P/c1-12(13-6-4-3-5-7-13)26(2)19-16-20(25-15(8-22)24-19)27(10-23-16)21-18(29)17(28)14(34-21)9-33-11-35(30,31)32/h3-7,10,12,14,17-18,21,28-29H,9,11H2,1-2H3,(H2,30,31,32)/t12-,14?,17-,18-,21-/m1/s1. The number of ether oxygens (including phenoxy) is 2. The van der Waals surface area contributed by atoms with Crippen LogP contribution in [-0.2, 0) is 14.0 Å². The Morgan fingerprint density at radius 1 is 1.26 bits per heavy atom. The third-order valence-corrected chi connectivity index (χ3v) is 6.37. The molecule has 1 unspecified atom stereocenters. The summed E-state index contributed by atoms with van der Waals surface area (Å²) in [4.78, 5) is 32.7. The summed E-state index contributed by atoms with van der Waals surface area (Å²) in [5, 5.41) is 30.5. The van der Waals surface area contributed by atoms with Crippen LogP contribution in [0.4, 0.5) is 5.82 Å². The van der Waals surface area contributed by atoms with Crippen LogP contribution in [0.2, 0.25) is 0 Å². The quantitative estimate of drug-likeness (QED) is 0.314. The fourth-order valence-electron chi connectivity index (χ4n) is 3.91. The Labute approximate surface area is 200 Å². The molecule has 14 heteroatoms. The van der Waals surface area contributed by atoms with Crippen molar-refractivity contribution < 1.29 is 34.0 Å². The molecule has 0 bridgehead atoms. The average Bonchev–Trinajstić information content (AvgIpc) is 3.38. The van der Waals surface area contributed by atoms with Gasteiger partial charge in [-0.15, -0.1) is 0 Å². The number of fused-ring (bicyclic) bond motifs is 1. The first-order chi connectivity index (χ1) is 16.6. The third-order valence-electron chi connectivity index (χ3n) is 5.85. The molecular formula is C21H25N6O7P. The number of hydrogen-bond acceptors (Lipinski definition) is 10. The van der Waals surface area contributed by atoms with Crippen molar-refractivity contribution in [3.05, 3.63) is 48.0 Å². The number of aliphatic hydroxyl groups is 2. The second-order valence-electron chi connectivity index (χ2n) is 8.22. The van der Waals surface area contributed by atoms with Crippen molar-refractivity contribution in [3.63, 3.8) is 0 Å². The van der Waals surface area contributed by atoms with E-state index in [0.717, 1.165) is 5.56 Å². The van der Waals surface area contributed by atoms with Crippen molar-refractivity contribution in [2.24, 2.45) is 0 Å². The molecule has 4 rings (SSSR count). The largest absolute Gasteiger partial charge is 0.387 e. The van der Waals surface area contributed by atoms with Gasteiger partial charge in [-0.1, -0.05) is 30.3 Å². The zero-order valence-electron chi connectivity index (χ0n) is 18.9. The van der Waals surface area contributed by atoms with Crippen molar-refractivity contribution in [2.75, 3.05) is 24.9 Å². The summed E-state index contributed by atoms with van der Waals surface area (Å²) in [6.45, 7) is 1.63. The predicted octanol–water partition coefficient (Wildman–Crippen LogP) is 0.666. The maximum atomic E-state index is 11.0. The van der Waals surface area contributed by atoms with Crippen molar-refractivity contribution >= 4 is 24.6 Å². The normalized spacial score (nSPS) is 23.3. The van der Waals surface area contributed by atoms with Gasteiger partial charge < -0.3 is 34.4 Å². The molecule has 2 aromatic heterocycles. The fourth-order valence-corrected chi connectivity index (χ4v) is 4.25. The monoisotopic (exact) mass is 504 g/mol. The van der Waals surface area contributed by atoms with E-state index in [1.807, 2.05) is 55.3 Å². The van der Waals surface area contributed by atoms with Crippen molar-refractivity contribution in [1.82, 2.24) is 19.5 Å². The number of imidazole rings is 1.